The van der Waals surface area contributed by atoms with E-state index in [0.717, 1.165) is 18.7 Å². The molecule has 1 aromatic heterocycles. The van der Waals surface area contributed by atoms with Crippen LogP contribution in [-0.2, 0) is 22.5 Å². The minimum absolute atomic E-state index is 0.137. The average molecular weight is 229 g/mol. The quantitative estimate of drug-likeness (QED) is 0.613. The summed E-state index contributed by atoms with van der Waals surface area (Å²) >= 11 is 5.03. The van der Waals surface area contributed by atoms with E-state index < -0.39 is 0 Å². The summed E-state index contributed by atoms with van der Waals surface area (Å²) in [7, 11) is 0. The molecule has 0 aliphatic heterocycles. The monoisotopic (exact) mass is 229 g/mol. The summed E-state index contributed by atoms with van der Waals surface area (Å²) < 4.78 is 7.00. The minimum Gasteiger partial charge on any atom is -0.465 e. The van der Waals surface area contributed by atoms with Gasteiger partial charge < -0.3 is 4.74 Å². The summed E-state index contributed by atoms with van der Waals surface area (Å²) in [6, 6.07) is 0. The molecule has 0 saturated carbocycles. The van der Waals surface area contributed by atoms with E-state index in [4.69, 9.17) is 17.0 Å². The number of esters is 1. The van der Waals surface area contributed by atoms with Gasteiger partial charge in [-0.25, -0.2) is 0 Å². The lowest BCUT2D eigenvalue weighted by Gasteiger charge is -2.05. The number of nitrogens with one attached hydrogen (secondary N) is 1. The van der Waals surface area contributed by atoms with Crippen LogP contribution in [0.15, 0.2) is 0 Å². The zero-order valence-electron chi connectivity index (χ0n) is 8.95. The smallest absolute Gasteiger partial charge is 0.326 e. The molecule has 0 radical (unpaired) electrons. The van der Waals surface area contributed by atoms with Gasteiger partial charge in [0.15, 0.2) is 4.77 Å². The molecule has 84 valence electrons. The Morgan fingerprint density at radius 2 is 2.33 bits per heavy atom. The van der Waals surface area contributed by atoms with Crippen LogP contribution in [-0.4, -0.2) is 27.3 Å². The Labute approximate surface area is 93.4 Å². The molecule has 0 amide bonds. The van der Waals surface area contributed by atoms with Crippen LogP contribution in [0, 0.1) is 4.77 Å². The minimum atomic E-state index is -0.285. The van der Waals surface area contributed by atoms with Crippen molar-refractivity contribution in [3.05, 3.63) is 10.6 Å². The van der Waals surface area contributed by atoms with Crippen LogP contribution < -0.4 is 0 Å². The first-order valence-corrected chi connectivity index (χ1v) is 5.39. The highest BCUT2D eigenvalue weighted by molar-refractivity contribution is 7.71. The molecule has 0 atom stereocenters. The largest absolute Gasteiger partial charge is 0.465 e. The molecule has 0 spiro atoms. The maximum Gasteiger partial charge on any atom is 0.326 e. The summed E-state index contributed by atoms with van der Waals surface area (Å²) in [5, 5.41) is 6.73. The molecule has 0 fully saturated rings. The van der Waals surface area contributed by atoms with E-state index in [9.17, 15) is 4.79 Å². The van der Waals surface area contributed by atoms with Crippen molar-refractivity contribution < 1.29 is 9.53 Å². The Hall–Kier alpha value is -1.17. The number of carbonyl (C=O) groups is 1. The average Bonchev–Trinajstić information content (AvgIpc) is 2.51. The molecule has 15 heavy (non-hydrogen) atoms. The number of H-pyrrole nitrogens is 1. The van der Waals surface area contributed by atoms with Gasteiger partial charge in [-0.1, -0.05) is 6.92 Å². The van der Waals surface area contributed by atoms with Crippen LogP contribution in [0.2, 0.25) is 0 Å². The van der Waals surface area contributed by atoms with Crippen molar-refractivity contribution in [2.75, 3.05) is 6.61 Å². The second-order valence-corrected chi connectivity index (χ2v) is 3.47. The van der Waals surface area contributed by atoms with Crippen LogP contribution in [0.1, 0.15) is 26.1 Å². The Kier molecular flexibility index (Phi) is 4.48. The van der Waals surface area contributed by atoms with Crippen LogP contribution in [0.3, 0.4) is 0 Å². The SMILES string of the molecule is CCCc1n[nH]c(=S)n1CC(=O)OCC. The fraction of sp³-hybridized carbons (Fsp3) is 0.667. The summed E-state index contributed by atoms with van der Waals surface area (Å²) in [4.78, 5) is 11.3. The van der Waals surface area contributed by atoms with Gasteiger partial charge in [0.1, 0.15) is 12.4 Å². The van der Waals surface area contributed by atoms with Crippen LogP contribution in [0.4, 0.5) is 0 Å². The van der Waals surface area contributed by atoms with Gasteiger partial charge >= 0.3 is 5.97 Å². The van der Waals surface area contributed by atoms with E-state index in [1.54, 1.807) is 11.5 Å². The maximum absolute atomic E-state index is 11.3. The predicted octanol–water partition coefficient (Wildman–Crippen LogP) is 1.46. The molecule has 0 aliphatic carbocycles. The standard InChI is InChI=1S/C9H15N3O2S/c1-3-5-7-10-11-9(15)12(7)6-8(13)14-4-2/h3-6H2,1-2H3,(H,11,15). The summed E-state index contributed by atoms with van der Waals surface area (Å²) in [6.07, 6.45) is 1.76. The number of ether oxygens (including phenoxy) is 1. The Morgan fingerprint density at radius 3 is 2.93 bits per heavy atom. The normalized spacial score (nSPS) is 10.3. The van der Waals surface area contributed by atoms with E-state index in [1.807, 2.05) is 6.92 Å². The highest BCUT2D eigenvalue weighted by atomic mass is 32.1. The molecule has 1 rings (SSSR count). The summed E-state index contributed by atoms with van der Waals surface area (Å²) in [6.45, 7) is 4.34. The van der Waals surface area contributed by atoms with E-state index >= 15 is 0 Å². The van der Waals surface area contributed by atoms with Gasteiger partial charge in [0.2, 0.25) is 0 Å². The van der Waals surface area contributed by atoms with Crippen LogP contribution in [0.25, 0.3) is 0 Å². The summed E-state index contributed by atoms with van der Waals surface area (Å²) in [5.41, 5.74) is 0. The fourth-order valence-electron chi connectivity index (χ4n) is 1.26. The second kappa shape index (κ2) is 5.65. The van der Waals surface area contributed by atoms with Gasteiger partial charge in [0.05, 0.1) is 6.61 Å². The maximum atomic E-state index is 11.3. The zero-order chi connectivity index (χ0) is 11.3. The van der Waals surface area contributed by atoms with Crippen molar-refractivity contribution in [1.29, 1.82) is 0 Å². The number of hydrogen-bond donors (Lipinski definition) is 1. The molecule has 6 heteroatoms. The molecule has 1 heterocycles. The van der Waals surface area contributed by atoms with Crippen molar-refractivity contribution in [3.8, 4) is 0 Å². The van der Waals surface area contributed by atoms with Crippen LogP contribution in [0.5, 0.6) is 0 Å². The van der Waals surface area contributed by atoms with E-state index in [0.29, 0.717) is 11.4 Å². The summed E-state index contributed by atoms with van der Waals surface area (Å²) in [5.74, 6) is 0.517. The Morgan fingerprint density at radius 1 is 1.60 bits per heavy atom. The van der Waals surface area contributed by atoms with Gasteiger partial charge in [-0.2, -0.15) is 5.10 Å². The van der Waals surface area contributed by atoms with Crippen molar-refractivity contribution in [2.45, 2.75) is 33.2 Å². The molecular formula is C9H15N3O2S. The topological polar surface area (TPSA) is 59.9 Å². The lowest BCUT2D eigenvalue weighted by atomic mass is 10.3. The van der Waals surface area contributed by atoms with Gasteiger partial charge in [-0.15, -0.1) is 0 Å². The van der Waals surface area contributed by atoms with E-state index in [2.05, 4.69) is 10.2 Å². The molecule has 0 saturated heterocycles. The van der Waals surface area contributed by atoms with Gasteiger partial charge in [0.25, 0.3) is 0 Å². The third kappa shape index (κ3) is 3.16. The third-order valence-corrected chi connectivity index (χ3v) is 2.22. The molecule has 1 aromatic rings. The first kappa shape index (κ1) is 11.9. The van der Waals surface area contributed by atoms with Crippen molar-refractivity contribution in [1.82, 2.24) is 14.8 Å². The lowest BCUT2D eigenvalue weighted by molar-refractivity contribution is -0.143. The number of rotatable bonds is 5. The highest BCUT2D eigenvalue weighted by Gasteiger charge is 2.09. The molecule has 0 bridgehead atoms. The predicted molar refractivity (Wildman–Crippen MR) is 58.0 cm³/mol. The fourth-order valence-corrected chi connectivity index (χ4v) is 1.48. The first-order chi connectivity index (χ1) is 7.19. The van der Waals surface area contributed by atoms with Gasteiger partial charge in [-0.3, -0.25) is 14.5 Å². The first-order valence-electron chi connectivity index (χ1n) is 4.98. The second-order valence-electron chi connectivity index (χ2n) is 3.09. The molecule has 0 aromatic carbocycles. The molecule has 5 nitrogen and oxygen atoms in total. The van der Waals surface area contributed by atoms with Gasteiger partial charge in [-0.05, 0) is 25.6 Å². The van der Waals surface area contributed by atoms with Crippen molar-refractivity contribution in [2.24, 2.45) is 0 Å². The third-order valence-electron chi connectivity index (χ3n) is 1.90. The van der Waals surface area contributed by atoms with Crippen molar-refractivity contribution >= 4 is 18.2 Å². The number of hydrogen-bond acceptors (Lipinski definition) is 4. The Bertz CT molecular complexity index is 383. The zero-order valence-corrected chi connectivity index (χ0v) is 9.76. The van der Waals surface area contributed by atoms with Crippen LogP contribution >= 0.6 is 12.2 Å². The highest BCUT2D eigenvalue weighted by Crippen LogP contribution is 2.02. The number of aromatic amines is 1. The Balaban J connectivity index is 2.78. The molecule has 0 unspecified atom stereocenters. The van der Waals surface area contributed by atoms with Gasteiger partial charge in [0, 0.05) is 6.42 Å². The van der Waals surface area contributed by atoms with Crippen molar-refractivity contribution in [3.63, 3.8) is 0 Å². The number of aromatic nitrogens is 3. The number of aryl methyl sites for hydroxylation is 1. The molecule has 1 N–H and O–H groups in total. The lowest BCUT2D eigenvalue weighted by Crippen LogP contribution is -2.15. The van der Waals surface area contributed by atoms with E-state index in [-0.39, 0.29) is 12.5 Å². The van der Waals surface area contributed by atoms with E-state index in [1.165, 1.54) is 0 Å². The number of carbonyl (C=O) groups excluding carboxylic acids is 1. The number of nitrogens with zero attached hydrogens (tertiary/aromatic N) is 2. The molecule has 0 aliphatic rings. The molecular weight excluding hydrogens is 214 g/mol.